The molecule has 16 heavy (non-hydrogen) atoms. The van der Waals surface area contributed by atoms with Crippen LogP contribution < -0.4 is 5.32 Å². The van der Waals surface area contributed by atoms with E-state index in [2.05, 4.69) is 49.1 Å². The third-order valence-electron chi connectivity index (χ3n) is 3.05. The maximum atomic E-state index is 3.52. The van der Waals surface area contributed by atoms with Gasteiger partial charge in [-0.2, -0.15) is 0 Å². The monoisotopic (exact) mass is 222 g/mol. The first-order chi connectivity index (χ1) is 7.81. The van der Waals surface area contributed by atoms with Crippen molar-refractivity contribution < 1.29 is 0 Å². The minimum atomic E-state index is 0.525. The molecule has 92 valence electrons. The lowest BCUT2D eigenvalue weighted by Gasteiger charge is -2.13. The molecular weight excluding hydrogens is 196 g/mol. The molecule has 0 aliphatic rings. The van der Waals surface area contributed by atoms with Crippen molar-refractivity contribution in [2.24, 2.45) is 0 Å². The van der Waals surface area contributed by atoms with Gasteiger partial charge in [0, 0.05) is 25.0 Å². The van der Waals surface area contributed by atoms with E-state index in [0.29, 0.717) is 6.04 Å². The SMILES string of the molecule is CCCCCn1ccc(C(CC)NCC)c1. The Hall–Kier alpha value is -0.760. The third kappa shape index (κ3) is 4.01. The van der Waals surface area contributed by atoms with Gasteiger partial charge in [0.25, 0.3) is 0 Å². The molecule has 1 aromatic rings. The molecule has 1 heterocycles. The number of aromatic nitrogens is 1. The Morgan fingerprint density at radius 3 is 2.69 bits per heavy atom. The lowest BCUT2D eigenvalue weighted by atomic mass is 10.1. The van der Waals surface area contributed by atoms with Gasteiger partial charge in [0.1, 0.15) is 0 Å². The number of unbranched alkanes of at least 4 members (excludes halogenated alkanes) is 2. The van der Waals surface area contributed by atoms with E-state index >= 15 is 0 Å². The van der Waals surface area contributed by atoms with Crippen molar-refractivity contribution in [2.45, 2.75) is 59.0 Å². The molecule has 0 aliphatic carbocycles. The molecule has 1 unspecified atom stereocenters. The number of hydrogen-bond acceptors (Lipinski definition) is 1. The zero-order valence-corrected chi connectivity index (χ0v) is 11.0. The summed E-state index contributed by atoms with van der Waals surface area (Å²) in [6.45, 7) is 8.86. The number of hydrogen-bond donors (Lipinski definition) is 1. The highest BCUT2D eigenvalue weighted by Gasteiger charge is 2.08. The average Bonchev–Trinajstić information content (AvgIpc) is 2.75. The summed E-state index contributed by atoms with van der Waals surface area (Å²) in [6, 6.07) is 2.78. The molecule has 0 aromatic carbocycles. The van der Waals surface area contributed by atoms with E-state index in [-0.39, 0.29) is 0 Å². The van der Waals surface area contributed by atoms with Gasteiger partial charge < -0.3 is 9.88 Å². The second-order valence-corrected chi connectivity index (χ2v) is 4.41. The van der Waals surface area contributed by atoms with E-state index in [1.807, 2.05) is 0 Å². The predicted octanol–water partition coefficient (Wildman–Crippen LogP) is 3.74. The Bertz CT molecular complexity index is 278. The summed E-state index contributed by atoms with van der Waals surface area (Å²) in [5.74, 6) is 0. The first-order valence-electron chi connectivity index (χ1n) is 6.70. The van der Waals surface area contributed by atoms with Crippen molar-refractivity contribution >= 4 is 0 Å². The molecule has 0 saturated heterocycles. The van der Waals surface area contributed by atoms with Crippen LogP contribution in [0.2, 0.25) is 0 Å². The molecule has 1 aromatic heterocycles. The van der Waals surface area contributed by atoms with Crippen LogP contribution in [0.25, 0.3) is 0 Å². The molecule has 1 rings (SSSR count). The van der Waals surface area contributed by atoms with E-state index in [0.717, 1.165) is 19.5 Å². The molecule has 2 heteroatoms. The maximum absolute atomic E-state index is 3.52. The highest BCUT2D eigenvalue weighted by molar-refractivity contribution is 5.15. The number of nitrogens with one attached hydrogen (secondary N) is 1. The fourth-order valence-corrected chi connectivity index (χ4v) is 2.09. The summed E-state index contributed by atoms with van der Waals surface area (Å²) in [4.78, 5) is 0. The third-order valence-corrected chi connectivity index (χ3v) is 3.05. The molecular formula is C14H26N2. The second kappa shape index (κ2) is 7.50. The minimum absolute atomic E-state index is 0.525. The topological polar surface area (TPSA) is 17.0 Å². The van der Waals surface area contributed by atoms with Gasteiger partial charge in [-0.3, -0.25) is 0 Å². The lowest BCUT2D eigenvalue weighted by molar-refractivity contribution is 0.534. The van der Waals surface area contributed by atoms with Crippen LogP contribution in [-0.4, -0.2) is 11.1 Å². The van der Waals surface area contributed by atoms with Crippen molar-refractivity contribution in [1.29, 1.82) is 0 Å². The van der Waals surface area contributed by atoms with Crippen LogP contribution in [0.3, 0.4) is 0 Å². The van der Waals surface area contributed by atoms with Gasteiger partial charge in [-0.05, 0) is 31.0 Å². The predicted molar refractivity (Wildman–Crippen MR) is 70.7 cm³/mol. The molecule has 0 spiro atoms. The highest BCUT2D eigenvalue weighted by Crippen LogP contribution is 2.17. The molecule has 0 bridgehead atoms. The zero-order chi connectivity index (χ0) is 11.8. The largest absolute Gasteiger partial charge is 0.354 e. The number of aryl methyl sites for hydroxylation is 1. The van der Waals surface area contributed by atoms with Gasteiger partial charge in [-0.1, -0.05) is 33.6 Å². The minimum Gasteiger partial charge on any atom is -0.354 e. The summed E-state index contributed by atoms with van der Waals surface area (Å²) in [5.41, 5.74) is 1.43. The van der Waals surface area contributed by atoms with Crippen molar-refractivity contribution in [3.63, 3.8) is 0 Å². The van der Waals surface area contributed by atoms with Crippen LogP contribution in [-0.2, 0) is 6.54 Å². The Labute approximate surface area is 100 Å². The zero-order valence-electron chi connectivity index (χ0n) is 11.0. The Morgan fingerprint density at radius 1 is 1.25 bits per heavy atom. The molecule has 2 nitrogen and oxygen atoms in total. The average molecular weight is 222 g/mol. The Morgan fingerprint density at radius 2 is 2.06 bits per heavy atom. The fraction of sp³-hybridized carbons (Fsp3) is 0.714. The smallest absolute Gasteiger partial charge is 0.0332 e. The fourth-order valence-electron chi connectivity index (χ4n) is 2.09. The van der Waals surface area contributed by atoms with Gasteiger partial charge in [0.15, 0.2) is 0 Å². The molecule has 0 radical (unpaired) electrons. The van der Waals surface area contributed by atoms with Gasteiger partial charge in [-0.25, -0.2) is 0 Å². The van der Waals surface area contributed by atoms with Crippen molar-refractivity contribution in [3.05, 3.63) is 24.0 Å². The summed E-state index contributed by atoms with van der Waals surface area (Å²) < 4.78 is 2.32. The van der Waals surface area contributed by atoms with Crippen LogP contribution in [0.5, 0.6) is 0 Å². The van der Waals surface area contributed by atoms with Gasteiger partial charge in [0.2, 0.25) is 0 Å². The summed E-state index contributed by atoms with van der Waals surface area (Å²) in [5, 5.41) is 3.52. The number of nitrogens with zero attached hydrogens (tertiary/aromatic N) is 1. The molecule has 0 saturated carbocycles. The van der Waals surface area contributed by atoms with E-state index in [4.69, 9.17) is 0 Å². The van der Waals surface area contributed by atoms with Gasteiger partial charge in [-0.15, -0.1) is 0 Å². The highest BCUT2D eigenvalue weighted by atomic mass is 15.0. The summed E-state index contributed by atoms with van der Waals surface area (Å²) in [6.07, 6.45) is 9.59. The maximum Gasteiger partial charge on any atom is 0.0332 e. The van der Waals surface area contributed by atoms with E-state index in [1.165, 1.54) is 24.8 Å². The van der Waals surface area contributed by atoms with Crippen LogP contribution in [0.4, 0.5) is 0 Å². The quantitative estimate of drug-likeness (QED) is 0.663. The standard InChI is InChI=1S/C14H26N2/c1-4-7-8-10-16-11-9-13(12-16)14(5-2)15-6-3/h9,11-12,14-15H,4-8,10H2,1-3H3. The summed E-state index contributed by atoms with van der Waals surface area (Å²) >= 11 is 0. The van der Waals surface area contributed by atoms with E-state index in [1.54, 1.807) is 0 Å². The van der Waals surface area contributed by atoms with Gasteiger partial charge in [0.05, 0.1) is 0 Å². The molecule has 0 aliphatic heterocycles. The number of rotatable bonds is 8. The molecule has 1 N–H and O–H groups in total. The van der Waals surface area contributed by atoms with E-state index in [9.17, 15) is 0 Å². The van der Waals surface area contributed by atoms with Crippen LogP contribution in [0.15, 0.2) is 18.5 Å². The summed E-state index contributed by atoms with van der Waals surface area (Å²) in [7, 11) is 0. The second-order valence-electron chi connectivity index (χ2n) is 4.41. The van der Waals surface area contributed by atoms with Gasteiger partial charge >= 0.3 is 0 Å². The first-order valence-corrected chi connectivity index (χ1v) is 6.70. The molecule has 0 amide bonds. The Kier molecular flexibility index (Phi) is 6.24. The first kappa shape index (κ1) is 13.3. The molecule has 0 fully saturated rings. The van der Waals surface area contributed by atoms with E-state index < -0.39 is 0 Å². The lowest BCUT2D eigenvalue weighted by Crippen LogP contribution is -2.19. The van der Waals surface area contributed by atoms with Crippen molar-refractivity contribution in [3.8, 4) is 0 Å². The van der Waals surface area contributed by atoms with Crippen LogP contribution >= 0.6 is 0 Å². The van der Waals surface area contributed by atoms with Crippen molar-refractivity contribution in [1.82, 2.24) is 9.88 Å². The normalized spacial score (nSPS) is 12.9. The Balaban J connectivity index is 2.48. The van der Waals surface area contributed by atoms with Crippen LogP contribution in [0.1, 0.15) is 58.1 Å². The van der Waals surface area contributed by atoms with Crippen molar-refractivity contribution in [2.75, 3.05) is 6.54 Å². The molecule has 1 atom stereocenters. The van der Waals surface area contributed by atoms with Crippen LogP contribution in [0, 0.1) is 0 Å².